The van der Waals surface area contributed by atoms with Gasteiger partial charge >= 0.3 is 0 Å². The molecule has 290 valence electrons. The molecule has 0 aromatic heterocycles. The summed E-state index contributed by atoms with van der Waals surface area (Å²) >= 11 is 0. The second-order valence-corrected chi connectivity index (χ2v) is 13.6. The first-order valence-corrected chi connectivity index (χ1v) is 18.2. The van der Waals surface area contributed by atoms with Gasteiger partial charge in [0.05, 0.1) is 17.9 Å². The van der Waals surface area contributed by atoms with Gasteiger partial charge in [-0.2, -0.15) is 0 Å². The summed E-state index contributed by atoms with van der Waals surface area (Å²) in [6, 6.07) is 16.4. The van der Waals surface area contributed by atoms with Gasteiger partial charge in [-0.05, 0) is 59.4 Å². The highest BCUT2D eigenvalue weighted by atomic mass is 16.8. The summed E-state index contributed by atoms with van der Waals surface area (Å²) < 4.78 is 67.8. The average molecular weight is 735 g/mol. The molecule has 3 aliphatic rings. The molecule has 0 bridgehead atoms. The van der Waals surface area contributed by atoms with Crippen molar-refractivity contribution in [3.63, 3.8) is 0 Å². The Hall–Kier alpha value is -3.32. The number of benzene rings is 2. The molecule has 0 aliphatic heterocycles. The first kappa shape index (κ1) is 40.9. The maximum atomic E-state index is 7.19. The van der Waals surface area contributed by atoms with Crippen LogP contribution in [0.4, 0.5) is 0 Å². The normalized spacial score (nSPS) is 31.7. The van der Waals surface area contributed by atoms with Crippen LogP contribution in [0.1, 0.15) is 50.7 Å². The third-order valence-corrected chi connectivity index (χ3v) is 12.3. The number of fused-ring (bicyclic) bond motifs is 3. The fourth-order valence-electron chi connectivity index (χ4n) is 10.8. The quantitative estimate of drug-likeness (QED) is 0.0885. The van der Waals surface area contributed by atoms with E-state index in [2.05, 4.69) is 51.3 Å². The van der Waals surface area contributed by atoms with Crippen molar-refractivity contribution in [2.24, 2.45) is 0 Å². The van der Waals surface area contributed by atoms with E-state index in [4.69, 9.17) is 47.4 Å². The second kappa shape index (κ2) is 15.4. The van der Waals surface area contributed by atoms with Crippen molar-refractivity contribution in [1.82, 2.24) is 0 Å². The molecule has 10 heteroatoms. The lowest BCUT2D eigenvalue weighted by atomic mass is 9.45. The van der Waals surface area contributed by atoms with Crippen LogP contribution < -0.4 is 0 Å². The number of hydrogen-bond donors (Lipinski definition) is 0. The Kier molecular flexibility index (Phi) is 11.9. The van der Waals surface area contributed by atoms with Crippen molar-refractivity contribution in [2.75, 3.05) is 56.9 Å². The summed E-state index contributed by atoms with van der Waals surface area (Å²) in [7, 11) is 13.0. The molecule has 0 spiro atoms. The standard InChI is InChI=1S/C43H58O10/c1-13-27-37(44-5)35(52-15-3)25-29-39(46-7,42(37,48-9)49-10)41(33-23-19-17-21-31(33)32-22-18-20-24-34(32)41)40(47-8)30-26-36(53-16-4)38(45-6,28-14-2)43(40,50-11)51-12/h15-26,29-30,35-36H,3-4,13-14,27-28H2,1-2,5-12H3. The molecule has 3 aliphatic carbocycles. The fraction of sp³-hybridized carbons (Fsp3) is 0.535. The number of rotatable bonds is 18. The Morgan fingerprint density at radius 3 is 1.17 bits per heavy atom. The smallest absolute Gasteiger partial charge is 0.236 e. The van der Waals surface area contributed by atoms with Gasteiger partial charge in [0.25, 0.3) is 0 Å². The van der Waals surface area contributed by atoms with Gasteiger partial charge in [0.15, 0.2) is 34.6 Å². The van der Waals surface area contributed by atoms with Gasteiger partial charge in [0, 0.05) is 56.9 Å². The molecule has 2 aromatic carbocycles. The minimum absolute atomic E-state index is 0.432. The van der Waals surface area contributed by atoms with E-state index in [0.717, 1.165) is 22.3 Å². The SMILES string of the molecule is C=COC1C=CC(OC)(C2(C3(OC)C=CC(OC=C)C(CCC)(OC)C3(OC)OC)c3ccccc3-c3ccccc32)C(OC)(OC)C1(CCC)OC. The lowest BCUT2D eigenvalue weighted by molar-refractivity contribution is -0.431. The van der Waals surface area contributed by atoms with E-state index in [9.17, 15) is 0 Å². The number of methoxy groups -OCH3 is 8. The van der Waals surface area contributed by atoms with Crippen molar-refractivity contribution in [1.29, 1.82) is 0 Å². The van der Waals surface area contributed by atoms with Crippen LogP contribution in [0.3, 0.4) is 0 Å². The predicted octanol–water partition coefficient (Wildman–Crippen LogP) is 7.27. The minimum Gasteiger partial charge on any atom is -0.491 e. The molecule has 10 nitrogen and oxygen atoms in total. The Labute approximate surface area is 315 Å². The summed E-state index contributed by atoms with van der Waals surface area (Å²) in [5.41, 5.74) is -3.97. The van der Waals surface area contributed by atoms with E-state index < -0.39 is 51.6 Å². The van der Waals surface area contributed by atoms with Crippen molar-refractivity contribution in [2.45, 2.75) is 91.1 Å². The zero-order valence-corrected chi connectivity index (χ0v) is 33.1. The van der Waals surface area contributed by atoms with E-state index >= 15 is 0 Å². The van der Waals surface area contributed by atoms with Crippen LogP contribution in [0.15, 0.2) is 98.5 Å². The number of hydrogen-bond acceptors (Lipinski definition) is 10. The summed E-state index contributed by atoms with van der Waals surface area (Å²) in [5.74, 6) is -3.57. The topological polar surface area (TPSA) is 92.3 Å². The van der Waals surface area contributed by atoms with Crippen LogP contribution in [0, 0.1) is 0 Å². The third-order valence-electron chi connectivity index (χ3n) is 12.3. The Bertz CT molecular complexity index is 1540. The highest BCUT2D eigenvalue weighted by molar-refractivity contribution is 5.85. The molecule has 5 rings (SSSR count). The van der Waals surface area contributed by atoms with Gasteiger partial charge in [-0.25, -0.2) is 0 Å². The van der Waals surface area contributed by atoms with Crippen LogP contribution in [0.5, 0.6) is 0 Å². The molecular formula is C43H58O10. The Morgan fingerprint density at radius 2 is 0.887 bits per heavy atom. The van der Waals surface area contributed by atoms with Gasteiger partial charge in [0.1, 0.15) is 0 Å². The van der Waals surface area contributed by atoms with Crippen molar-refractivity contribution in [3.05, 3.63) is 110 Å². The molecule has 0 fully saturated rings. The van der Waals surface area contributed by atoms with Gasteiger partial charge in [-0.15, -0.1) is 0 Å². The van der Waals surface area contributed by atoms with Crippen LogP contribution in [0.2, 0.25) is 0 Å². The van der Waals surface area contributed by atoms with E-state index in [1.54, 1.807) is 56.9 Å². The first-order chi connectivity index (χ1) is 25.6. The zero-order chi connectivity index (χ0) is 38.8. The van der Waals surface area contributed by atoms with Gasteiger partial charge < -0.3 is 47.4 Å². The van der Waals surface area contributed by atoms with Crippen LogP contribution in [-0.2, 0) is 52.8 Å². The van der Waals surface area contributed by atoms with Gasteiger partial charge in [-0.3, -0.25) is 0 Å². The monoisotopic (exact) mass is 734 g/mol. The summed E-state index contributed by atoms with van der Waals surface area (Å²) in [4.78, 5) is 0. The lowest BCUT2D eigenvalue weighted by Crippen LogP contribution is -2.88. The first-order valence-electron chi connectivity index (χ1n) is 18.2. The maximum Gasteiger partial charge on any atom is 0.236 e. The molecule has 0 saturated carbocycles. The largest absolute Gasteiger partial charge is 0.491 e. The summed E-state index contributed by atoms with van der Waals surface area (Å²) in [6.07, 6.45) is 11.4. The lowest BCUT2D eigenvalue weighted by Gasteiger charge is -2.70. The predicted molar refractivity (Wildman–Crippen MR) is 203 cm³/mol. The Morgan fingerprint density at radius 1 is 0.528 bits per heavy atom. The second-order valence-electron chi connectivity index (χ2n) is 13.6. The van der Waals surface area contributed by atoms with E-state index in [-0.39, 0.29) is 0 Å². The molecule has 0 amide bonds. The van der Waals surface area contributed by atoms with E-state index in [1.165, 1.54) is 12.5 Å². The van der Waals surface area contributed by atoms with E-state index in [0.29, 0.717) is 25.7 Å². The van der Waals surface area contributed by atoms with Crippen molar-refractivity contribution < 1.29 is 47.4 Å². The molecule has 0 saturated heterocycles. The molecule has 53 heavy (non-hydrogen) atoms. The molecule has 0 heterocycles. The maximum absolute atomic E-state index is 7.19. The van der Waals surface area contributed by atoms with E-state index in [1.807, 2.05) is 48.6 Å². The van der Waals surface area contributed by atoms with Crippen molar-refractivity contribution >= 4 is 0 Å². The number of ether oxygens (including phenoxy) is 10. The fourth-order valence-corrected chi connectivity index (χ4v) is 10.8. The van der Waals surface area contributed by atoms with Crippen molar-refractivity contribution in [3.8, 4) is 11.1 Å². The molecule has 6 unspecified atom stereocenters. The highest BCUT2D eigenvalue weighted by Gasteiger charge is 2.87. The van der Waals surface area contributed by atoms with Gasteiger partial charge in [-0.1, -0.05) is 88.4 Å². The molecule has 2 aromatic rings. The van der Waals surface area contributed by atoms with Crippen LogP contribution in [0.25, 0.3) is 11.1 Å². The highest BCUT2D eigenvalue weighted by Crippen LogP contribution is 2.72. The molecular weight excluding hydrogens is 676 g/mol. The summed E-state index contributed by atoms with van der Waals surface area (Å²) in [6.45, 7) is 12.0. The third kappa shape index (κ3) is 4.67. The summed E-state index contributed by atoms with van der Waals surface area (Å²) in [5, 5.41) is 0. The molecule has 0 radical (unpaired) electrons. The van der Waals surface area contributed by atoms with Crippen LogP contribution >= 0.6 is 0 Å². The van der Waals surface area contributed by atoms with Crippen LogP contribution in [-0.4, -0.2) is 103 Å². The average Bonchev–Trinajstić information content (AvgIpc) is 3.50. The zero-order valence-electron chi connectivity index (χ0n) is 33.1. The molecule has 6 atom stereocenters. The Balaban J connectivity index is 2.18. The van der Waals surface area contributed by atoms with Gasteiger partial charge in [0.2, 0.25) is 11.6 Å². The molecule has 0 N–H and O–H groups in total. The minimum atomic E-state index is -1.78.